The number of imidazole rings is 1. The molecule has 1 aromatic carbocycles. The molecule has 1 unspecified atom stereocenters. The zero-order chi connectivity index (χ0) is 20.5. The Morgan fingerprint density at radius 2 is 1.86 bits per heavy atom. The Labute approximate surface area is 178 Å². The van der Waals surface area contributed by atoms with Crippen LogP contribution in [0.3, 0.4) is 0 Å². The molecule has 152 valence electrons. The van der Waals surface area contributed by atoms with Crippen LogP contribution in [-0.2, 0) is 7.05 Å². The fourth-order valence-corrected chi connectivity index (χ4v) is 4.11. The Morgan fingerprint density at radius 1 is 1.17 bits per heavy atom. The molecule has 0 amide bonds. The topological polar surface area (TPSA) is 76.2 Å². The number of piperidine rings is 1. The number of aromatic nitrogens is 4. The Morgan fingerprint density at radius 3 is 2.48 bits per heavy atom. The van der Waals surface area contributed by atoms with Crippen molar-refractivity contribution in [1.82, 2.24) is 19.3 Å². The molecule has 29 heavy (non-hydrogen) atoms. The number of hydrogen-bond donors (Lipinski definition) is 1. The van der Waals surface area contributed by atoms with E-state index in [-0.39, 0.29) is 16.5 Å². The first-order valence-corrected chi connectivity index (χ1v) is 10.2. The second-order valence-electron chi connectivity index (χ2n) is 7.20. The number of hydrogen-bond acceptors (Lipinski definition) is 5. The highest BCUT2D eigenvalue weighted by Crippen LogP contribution is 2.33. The van der Waals surface area contributed by atoms with Gasteiger partial charge >= 0.3 is 0 Å². The third kappa shape index (κ3) is 3.90. The summed E-state index contributed by atoms with van der Waals surface area (Å²) in [7, 11) is 1.88. The summed E-state index contributed by atoms with van der Waals surface area (Å²) in [4.78, 5) is 19.0. The first kappa shape index (κ1) is 19.9. The van der Waals surface area contributed by atoms with E-state index in [1.165, 1.54) is 4.68 Å². The van der Waals surface area contributed by atoms with Crippen LogP contribution < -0.4 is 10.5 Å². The lowest BCUT2D eigenvalue weighted by molar-refractivity contribution is 0.0825. The van der Waals surface area contributed by atoms with Gasteiger partial charge in [0, 0.05) is 37.6 Å². The minimum atomic E-state index is -0.608. The van der Waals surface area contributed by atoms with E-state index in [1.807, 2.05) is 22.7 Å². The molecule has 1 atom stereocenters. The van der Waals surface area contributed by atoms with Gasteiger partial charge in [0.1, 0.15) is 17.0 Å². The summed E-state index contributed by atoms with van der Waals surface area (Å²) in [6.07, 6.45) is 6.07. The lowest BCUT2D eigenvalue weighted by atomic mass is 9.90. The fourth-order valence-electron chi connectivity index (χ4n) is 3.74. The number of aliphatic hydroxyl groups is 1. The predicted molar refractivity (Wildman–Crippen MR) is 113 cm³/mol. The van der Waals surface area contributed by atoms with Crippen molar-refractivity contribution in [3.63, 3.8) is 0 Å². The Hall–Kier alpha value is -2.35. The first-order chi connectivity index (χ1) is 14.0. The summed E-state index contributed by atoms with van der Waals surface area (Å²) in [5.41, 5.74) is 0.846. The summed E-state index contributed by atoms with van der Waals surface area (Å²) >= 11 is 12.3. The number of nitrogens with zero attached hydrogens (tertiary/aromatic N) is 5. The van der Waals surface area contributed by atoms with Crippen LogP contribution >= 0.6 is 23.2 Å². The lowest BCUT2D eigenvalue weighted by Gasteiger charge is -2.35. The van der Waals surface area contributed by atoms with Crippen molar-refractivity contribution in [2.45, 2.75) is 18.9 Å². The van der Waals surface area contributed by atoms with E-state index >= 15 is 0 Å². The zero-order valence-electron chi connectivity index (χ0n) is 15.9. The molecule has 2 aromatic heterocycles. The van der Waals surface area contributed by atoms with Crippen LogP contribution in [0.15, 0.2) is 47.7 Å². The first-order valence-electron chi connectivity index (χ1n) is 9.39. The molecule has 9 heteroatoms. The minimum Gasteiger partial charge on any atom is -0.385 e. The molecule has 1 saturated heterocycles. The van der Waals surface area contributed by atoms with Gasteiger partial charge in [-0.3, -0.25) is 4.79 Å². The molecule has 0 spiro atoms. The summed E-state index contributed by atoms with van der Waals surface area (Å²) in [5, 5.41) is 15.7. The van der Waals surface area contributed by atoms with Crippen LogP contribution in [0.25, 0.3) is 5.69 Å². The van der Waals surface area contributed by atoms with Gasteiger partial charge in [0.25, 0.3) is 5.56 Å². The molecule has 1 aliphatic rings. The fraction of sp³-hybridized carbons (Fsp3) is 0.350. The average molecular weight is 434 g/mol. The van der Waals surface area contributed by atoms with Crippen molar-refractivity contribution in [1.29, 1.82) is 0 Å². The highest BCUT2D eigenvalue weighted by molar-refractivity contribution is 6.33. The van der Waals surface area contributed by atoms with Gasteiger partial charge in [0.15, 0.2) is 0 Å². The maximum absolute atomic E-state index is 12.7. The van der Waals surface area contributed by atoms with Crippen molar-refractivity contribution >= 4 is 28.9 Å². The third-order valence-corrected chi connectivity index (χ3v) is 6.03. The van der Waals surface area contributed by atoms with Crippen LogP contribution in [-0.4, -0.2) is 37.5 Å². The molecule has 1 N–H and O–H groups in total. The Bertz CT molecular complexity index is 1060. The summed E-state index contributed by atoms with van der Waals surface area (Å²) < 4.78 is 3.11. The molecule has 1 aliphatic heterocycles. The van der Waals surface area contributed by atoms with Gasteiger partial charge in [-0.1, -0.05) is 23.2 Å². The predicted octanol–water partition coefficient (Wildman–Crippen LogP) is 3.22. The van der Waals surface area contributed by atoms with Crippen molar-refractivity contribution in [2.75, 3.05) is 18.0 Å². The van der Waals surface area contributed by atoms with Crippen LogP contribution in [0.2, 0.25) is 10.0 Å². The van der Waals surface area contributed by atoms with Gasteiger partial charge in [0.05, 0.1) is 17.6 Å². The summed E-state index contributed by atoms with van der Waals surface area (Å²) in [6.45, 7) is 1.36. The molecule has 0 aliphatic carbocycles. The maximum Gasteiger partial charge on any atom is 0.292 e. The largest absolute Gasteiger partial charge is 0.385 e. The summed E-state index contributed by atoms with van der Waals surface area (Å²) in [5.74, 6) is 0.780. The Kier molecular flexibility index (Phi) is 5.63. The van der Waals surface area contributed by atoms with Crippen LogP contribution in [0.1, 0.15) is 24.8 Å². The van der Waals surface area contributed by atoms with E-state index in [1.54, 1.807) is 36.7 Å². The highest BCUT2D eigenvalue weighted by atomic mass is 35.5. The molecular formula is C20H21Cl2N5O2. The Balaban J connectivity index is 1.50. The molecule has 3 aromatic rings. The number of halogens is 2. The monoisotopic (exact) mass is 433 g/mol. The van der Waals surface area contributed by atoms with Gasteiger partial charge in [-0.15, -0.1) is 0 Å². The molecule has 0 saturated carbocycles. The maximum atomic E-state index is 12.7. The van der Waals surface area contributed by atoms with E-state index < -0.39 is 6.10 Å². The van der Waals surface area contributed by atoms with E-state index in [0.29, 0.717) is 35.3 Å². The SMILES string of the molecule is Cn1ccnc1C(O)C1CCN(c2cnn(-c3ccc(Cl)cc3)c(=O)c2Cl)CC1. The van der Waals surface area contributed by atoms with Gasteiger partial charge in [-0.05, 0) is 43.0 Å². The van der Waals surface area contributed by atoms with E-state index in [9.17, 15) is 9.90 Å². The zero-order valence-corrected chi connectivity index (χ0v) is 17.4. The smallest absolute Gasteiger partial charge is 0.292 e. The molecule has 0 radical (unpaired) electrons. The number of rotatable bonds is 4. The third-order valence-electron chi connectivity index (χ3n) is 5.42. The normalized spacial score (nSPS) is 16.2. The van der Waals surface area contributed by atoms with Crippen molar-refractivity contribution < 1.29 is 5.11 Å². The average Bonchev–Trinajstić information content (AvgIpc) is 3.16. The molecule has 7 nitrogen and oxygen atoms in total. The second-order valence-corrected chi connectivity index (χ2v) is 8.02. The number of aryl methyl sites for hydroxylation is 1. The molecule has 1 fully saturated rings. The van der Waals surface area contributed by atoms with Gasteiger partial charge in [0.2, 0.25) is 0 Å². The van der Waals surface area contributed by atoms with E-state index in [2.05, 4.69) is 10.1 Å². The van der Waals surface area contributed by atoms with Crippen molar-refractivity contribution in [2.24, 2.45) is 13.0 Å². The molecule has 3 heterocycles. The molecular weight excluding hydrogens is 413 g/mol. The van der Waals surface area contributed by atoms with Gasteiger partial charge in [-0.2, -0.15) is 9.78 Å². The number of aliphatic hydroxyl groups excluding tert-OH is 1. The minimum absolute atomic E-state index is 0.105. The number of anilines is 1. The van der Waals surface area contributed by atoms with Crippen molar-refractivity contribution in [3.05, 3.63) is 69.1 Å². The molecule has 0 bridgehead atoms. The van der Waals surface area contributed by atoms with Gasteiger partial charge in [-0.25, -0.2) is 4.98 Å². The highest BCUT2D eigenvalue weighted by Gasteiger charge is 2.29. The van der Waals surface area contributed by atoms with E-state index in [0.717, 1.165) is 12.8 Å². The van der Waals surface area contributed by atoms with Crippen LogP contribution in [0.4, 0.5) is 5.69 Å². The van der Waals surface area contributed by atoms with E-state index in [4.69, 9.17) is 23.2 Å². The quantitative estimate of drug-likeness (QED) is 0.683. The van der Waals surface area contributed by atoms with Gasteiger partial charge < -0.3 is 14.6 Å². The van der Waals surface area contributed by atoms with Crippen LogP contribution in [0.5, 0.6) is 0 Å². The molecule has 4 rings (SSSR count). The number of benzene rings is 1. The van der Waals surface area contributed by atoms with Crippen molar-refractivity contribution in [3.8, 4) is 5.69 Å². The lowest BCUT2D eigenvalue weighted by Crippen LogP contribution is -2.37. The second kappa shape index (κ2) is 8.18. The standard InChI is InChI=1S/C20H21Cl2N5O2/c1-25-11-8-23-19(25)18(28)13-6-9-26(10-7-13)16-12-24-27(20(29)17(16)22)15-4-2-14(21)3-5-15/h2-5,8,11-13,18,28H,6-7,9-10H2,1H3. The van der Waals surface area contributed by atoms with Crippen LogP contribution in [0, 0.1) is 5.92 Å². The summed E-state index contributed by atoms with van der Waals surface area (Å²) in [6, 6.07) is 6.84.